The van der Waals surface area contributed by atoms with Crippen LogP contribution < -0.4 is 9.47 Å². The molecule has 3 aromatic rings. The Kier molecular flexibility index (Phi) is 8.18. The molecule has 0 radical (unpaired) electrons. The Hall–Kier alpha value is -4.15. The van der Waals surface area contributed by atoms with E-state index < -0.39 is 17.7 Å². The number of aliphatic hydroxyl groups excluding tert-OH is 1. The van der Waals surface area contributed by atoms with Gasteiger partial charge in [-0.15, -0.1) is 0 Å². The van der Waals surface area contributed by atoms with E-state index in [0.717, 1.165) is 25.3 Å². The molecule has 1 aromatic heterocycles. The number of nitrogens with zero attached hydrogens (tertiary/aromatic N) is 4. The molecule has 2 fully saturated rings. The molecule has 2 aliphatic rings. The molecular weight excluding hydrogens is 512 g/mol. The minimum absolute atomic E-state index is 0.0271. The third-order valence-electron chi connectivity index (χ3n) is 7.51. The third kappa shape index (κ3) is 5.20. The molecule has 0 spiro atoms. The van der Waals surface area contributed by atoms with Gasteiger partial charge in [-0.25, -0.2) is 4.68 Å². The van der Waals surface area contributed by atoms with Crippen LogP contribution in [0, 0.1) is 6.92 Å². The molecular formula is C30H34N4O6. The fourth-order valence-electron chi connectivity index (χ4n) is 5.39. The van der Waals surface area contributed by atoms with Crippen LogP contribution in [0.3, 0.4) is 0 Å². The highest BCUT2D eigenvalue weighted by Crippen LogP contribution is 2.42. The van der Waals surface area contributed by atoms with Crippen LogP contribution in [0.5, 0.6) is 11.5 Å². The zero-order chi connectivity index (χ0) is 28.2. The normalized spacial score (nSPS) is 19.3. The van der Waals surface area contributed by atoms with Gasteiger partial charge in [-0.05, 0) is 43.2 Å². The molecule has 2 aromatic carbocycles. The summed E-state index contributed by atoms with van der Waals surface area (Å²) in [6.45, 7) is 5.98. The number of likely N-dealkylation sites (tertiary alicyclic amines) is 1. The number of rotatable bonds is 9. The fraction of sp³-hybridized carbons (Fsp3) is 0.367. The van der Waals surface area contributed by atoms with Gasteiger partial charge in [0.25, 0.3) is 11.7 Å². The lowest BCUT2D eigenvalue weighted by Crippen LogP contribution is -2.39. The summed E-state index contributed by atoms with van der Waals surface area (Å²) in [7, 11) is 3.07. The number of aromatic nitrogens is 2. The Morgan fingerprint density at radius 2 is 1.75 bits per heavy atom. The summed E-state index contributed by atoms with van der Waals surface area (Å²) in [5, 5.41) is 16.1. The highest BCUT2D eigenvalue weighted by atomic mass is 16.5. The second kappa shape index (κ2) is 11.9. The number of Topliss-reactive ketones (excluding diaryl/α,β-unsaturated/α-hetero) is 1. The number of benzene rings is 2. The zero-order valence-electron chi connectivity index (χ0n) is 23.0. The smallest absolute Gasteiger partial charge is 0.295 e. The Bertz CT molecular complexity index is 1410. The Labute approximate surface area is 233 Å². The van der Waals surface area contributed by atoms with Gasteiger partial charge in [0.1, 0.15) is 5.76 Å². The molecule has 5 rings (SSSR count). The monoisotopic (exact) mass is 546 g/mol. The molecule has 0 aliphatic carbocycles. The van der Waals surface area contributed by atoms with Gasteiger partial charge in [0.2, 0.25) is 0 Å². The number of carbonyl (C=O) groups excluding carboxylic acids is 2. The molecule has 1 N–H and O–H groups in total. The van der Waals surface area contributed by atoms with E-state index in [1.807, 2.05) is 37.3 Å². The van der Waals surface area contributed by atoms with E-state index in [9.17, 15) is 14.7 Å². The second-order valence-electron chi connectivity index (χ2n) is 9.81. The molecule has 40 heavy (non-hydrogen) atoms. The van der Waals surface area contributed by atoms with Crippen molar-refractivity contribution in [1.82, 2.24) is 19.6 Å². The lowest BCUT2D eigenvalue weighted by atomic mass is 9.95. The summed E-state index contributed by atoms with van der Waals surface area (Å²) >= 11 is 0. The molecule has 2 aliphatic heterocycles. The first kappa shape index (κ1) is 27.4. The van der Waals surface area contributed by atoms with E-state index in [2.05, 4.69) is 10.00 Å². The van der Waals surface area contributed by atoms with Crippen molar-refractivity contribution in [2.45, 2.75) is 19.4 Å². The van der Waals surface area contributed by atoms with Gasteiger partial charge in [-0.3, -0.25) is 14.5 Å². The molecule has 0 bridgehead atoms. The van der Waals surface area contributed by atoms with Crippen LogP contribution in [0.25, 0.3) is 11.4 Å². The van der Waals surface area contributed by atoms with Crippen LogP contribution in [0.1, 0.15) is 29.3 Å². The van der Waals surface area contributed by atoms with Gasteiger partial charge < -0.3 is 24.2 Å². The molecule has 210 valence electrons. The quantitative estimate of drug-likeness (QED) is 0.248. The fourth-order valence-corrected chi connectivity index (χ4v) is 5.39. The highest BCUT2D eigenvalue weighted by molar-refractivity contribution is 6.46. The van der Waals surface area contributed by atoms with Crippen molar-refractivity contribution in [3.63, 3.8) is 0 Å². The summed E-state index contributed by atoms with van der Waals surface area (Å²) in [6, 6.07) is 14.0. The molecule has 10 heteroatoms. The SMILES string of the molecule is COc1ccc([C@@H]2C(=C(O)c3cnn(-c4ccccc4)c3C)C(=O)C(=O)N2CCCN2CCOCC2)cc1OC. The van der Waals surface area contributed by atoms with E-state index in [4.69, 9.17) is 14.2 Å². The van der Waals surface area contributed by atoms with Crippen molar-refractivity contribution in [2.75, 3.05) is 53.6 Å². The lowest BCUT2D eigenvalue weighted by molar-refractivity contribution is -0.140. The van der Waals surface area contributed by atoms with Crippen LogP contribution >= 0.6 is 0 Å². The Morgan fingerprint density at radius 1 is 1.02 bits per heavy atom. The topological polar surface area (TPSA) is 106 Å². The van der Waals surface area contributed by atoms with Crippen LogP contribution in [0.2, 0.25) is 0 Å². The number of hydrogen-bond donors (Lipinski definition) is 1. The summed E-state index contributed by atoms with van der Waals surface area (Å²) < 4.78 is 18.0. The number of ether oxygens (including phenoxy) is 3. The number of aliphatic hydroxyl groups is 1. The molecule has 0 unspecified atom stereocenters. The average Bonchev–Trinajstić information content (AvgIpc) is 3.50. The largest absolute Gasteiger partial charge is 0.507 e. The van der Waals surface area contributed by atoms with Crippen LogP contribution in [0.4, 0.5) is 0 Å². The van der Waals surface area contributed by atoms with E-state index in [0.29, 0.717) is 54.5 Å². The van der Waals surface area contributed by atoms with Crippen LogP contribution in [-0.4, -0.2) is 90.0 Å². The maximum atomic E-state index is 13.5. The predicted octanol–water partition coefficient (Wildman–Crippen LogP) is 3.34. The summed E-state index contributed by atoms with van der Waals surface area (Å²) in [5.41, 5.74) is 2.52. The summed E-state index contributed by atoms with van der Waals surface area (Å²) in [5.74, 6) is -0.636. The summed E-state index contributed by atoms with van der Waals surface area (Å²) in [6.07, 6.45) is 2.19. The van der Waals surface area contributed by atoms with E-state index in [-0.39, 0.29) is 11.3 Å². The number of methoxy groups -OCH3 is 2. The lowest BCUT2D eigenvalue weighted by Gasteiger charge is -2.29. The standard InChI is InChI=1S/C30H34N4O6/c1-20-23(19-31-34(20)22-8-5-4-6-9-22)28(35)26-27(21-10-11-24(38-2)25(18-21)39-3)33(30(37)29(26)36)13-7-12-32-14-16-40-17-15-32/h4-6,8-11,18-19,27,35H,7,12-17H2,1-3H3/t27-/m1/s1. The van der Waals surface area contributed by atoms with Gasteiger partial charge in [0, 0.05) is 26.2 Å². The second-order valence-corrected chi connectivity index (χ2v) is 9.81. The highest BCUT2D eigenvalue weighted by Gasteiger charge is 2.46. The van der Waals surface area contributed by atoms with E-state index >= 15 is 0 Å². The minimum Gasteiger partial charge on any atom is -0.507 e. The minimum atomic E-state index is -0.802. The predicted molar refractivity (Wildman–Crippen MR) is 149 cm³/mol. The first-order valence-corrected chi connectivity index (χ1v) is 13.4. The Morgan fingerprint density at radius 3 is 2.45 bits per heavy atom. The van der Waals surface area contributed by atoms with Crippen molar-refractivity contribution in [3.8, 4) is 17.2 Å². The third-order valence-corrected chi connectivity index (χ3v) is 7.51. The average molecular weight is 547 g/mol. The first-order chi connectivity index (χ1) is 19.4. The van der Waals surface area contributed by atoms with Gasteiger partial charge in [-0.2, -0.15) is 5.10 Å². The van der Waals surface area contributed by atoms with Crippen molar-refractivity contribution in [1.29, 1.82) is 0 Å². The van der Waals surface area contributed by atoms with Gasteiger partial charge in [0.15, 0.2) is 11.5 Å². The van der Waals surface area contributed by atoms with Gasteiger partial charge in [-0.1, -0.05) is 24.3 Å². The van der Waals surface area contributed by atoms with Gasteiger partial charge >= 0.3 is 0 Å². The molecule has 1 atom stereocenters. The van der Waals surface area contributed by atoms with E-state index in [1.54, 1.807) is 34.9 Å². The van der Waals surface area contributed by atoms with Crippen LogP contribution in [0.15, 0.2) is 60.3 Å². The Balaban J connectivity index is 1.55. The number of ketones is 1. The maximum Gasteiger partial charge on any atom is 0.295 e. The number of para-hydroxylation sites is 1. The molecule has 2 saturated heterocycles. The molecule has 3 heterocycles. The molecule has 1 amide bonds. The summed E-state index contributed by atoms with van der Waals surface area (Å²) in [4.78, 5) is 30.8. The van der Waals surface area contributed by atoms with Gasteiger partial charge in [0.05, 0.1) is 62.2 Å². The van der Waals surface area contributed by atoms with Crippen molar-refractivity contribution >= 4 is 17.4 Å². The van der Waals surface area contributed by atoms with Crippen molar-refractivity contribution in [2.24, 2.45) is 0 Å². The zero-order valence-corrected chi connectivity index (χ0v) is 23.0. The maximum absolute atomic E-state index is 13.5. The van der Waals surface area contributed by atoms with Crippen molar-refractivity contribution < 1.29 is 28.9 Å². The van der Waals surface area contributed by atoms with Crippen molar-refractivity contribution in [3.05, 3.63) is 77.1 Å². The molecule has 0 saturated carbocycles. The number of hydrogen-bond acceptors (Lipinski definition) is 8. The van der Waals surface area contributed by atoms with E-state index in [1.165, 1.54) is 13.3 Å². The van der Waals surface area contributed by atoms with Crippen LogP contribution in [-0.2, 0) is 14.3 Å². The number of morpholine rings is 1. The first-order valence-electron chi connectivity index (χ1n) is 13.4. The number of carbonyl (C=O) groups is 2. The molecule has 10 nitrogen and oxygen atoms in total. The number of amides is 1.